The Morgan fingerprint density at radius 3 is 1.82 bits per heavy atom. The molecular formula is C61H46BN5. The first-order valence-corrected chi connectivity index (χ1v) is 21.3. The Morgan fingerprint density at radius 2 is 1.09 bits per heavy atom. The monoisotopic (exact) mass is 888 g/mol. The first kappa shape index (κ1) is 19.8. The van der Waals surface area contributed by atoms with Crippen LogP contribution in [-0.2, 0) is 10.8 Å². The average molecular weight is 888 g/mol. The highest BCUT2D eigenvalue weighted by molar-refractivity contribution is 7.00. The quantitative estimate of drug-likeness (QED) is 0.162. The van der Waals surface area contributed by atoms with Crippen LogP contribution >= 0.6 is 0 Å². The number of fused-ring (bicyclic) bond motifs is 13. The molecule has 9 aromatic carbocycles. The summed E-state index contributed by atoms with van der Waals surface area (Å²) in [7, 11) is 0. The molecule has 0 atom stereocenters. The first-order chi connectivity index (χ1) is 44.2. The average Bonchev–Trinajstić information content (AvgIpc) is 1.65. The van der Waals surface area contributed by atoms with Gasteiger partial charge in [-0.2, -0.15) is 5.26 Å². The number of anilines is 6. The van der Waals surface area contributed by atoms with Crippen LogP contribution in [0.1, 0.15) is 96.6 Å². The van der Waals surface area contributed by atoms with Gasteiger partial charge in [0.2, 0.25) is 0 Å². The van der Waals surface area contributed by atoms with Crippen molar-refractivity contribution in [3.63, 3.8) is 0 Å². The van der Waals surface area contributed by atoms with Crippen LogP contribution in [0.5, 0.6) is 0 Å². The second kappa shape index (κ2) is 13.1. The zero-order valence-corrected chi connectivity index (χ0v) is 36.3. The highest BCUT2D eigenvalue weighted by atomic mass is 15.2. The molecule has 0 saturated carbocycles. The fraction of sp³-hybridized carbons (Fsp3) is 0.131. The number of nitriles is 1. The summed E-state index contributed by atoms with van der Waals surface area (Å²) < 4.78 is 273. The summed E-state index contributed by atoms with van der Waals surface area (Å²) in [6, 6.07) is -21.1. The second-order valence-corrected chi connectivity index (χ2v) is 18.7. The van der Waals surface area contributed by atoms with Crippen molar-refractivity contribution in [2.75, 3.05) is 9.80 Å². The Balaban J connectivity index is 1.29. The Bertz CT molecular complexity index is 5630. The van der Waals surface area contributed by atoms with Gasteiger partial charge in [0.25, 0.3) is 6.71 Å². The van der Waals surface area contributed by atoms with Crippen LogP contribution < -0.4 is 26.2 Å². The molecule has 0 spiro atoms. The zero-order valence-electron chi connectivity index (χ0n) is 64.3. The number of benzene rings is 9. The van der Waals surface area contributed by atoms with Crippen molar-refractivity contribution in [1.29, 1.82) is 5.26 Å². The Morgan fingerprint density at radius 1 is 0.463 bits per heavy atom. The minimum Gasteiger partial charge on any atom is -0.311 e. The summed E-state index contributed by atoms with van der Waals surface area (Å²) >= 11 is 0. The normalized spacial score (nSPS) is 19.6. The zero-order chi connectivity index (χ0) is 69.6. The standard InChI is InChI=1S/C61H46BN5/c1-60(2,3)39-22-27-50-45(32-39)46-33-40(61(4,5)6)23-28-51(46)64(50)42-25-26-47-54(34-42)65(41-24-21-37-13-7-8-14-38(37)31-41)55-29-36(35-63)30-56-57(55)62(47)48-17-12-20-53-59(48)67(56)52-19-11-16-44-43-15-9-10-18-49(43)66(53)58(44)52/h7-34H,1-6H3/i7D,8D,9D,10D,11D,12D,13D,14D,15D,16D,17D,18D,19D,20D,21D,22D,23D,24D,25D,26D,27D,28D,29D,30D,31D,32D,33D,34D. The molecule has 0 saturated heterocycles. The van der Waals surface area contributed by atoms with Crippen molar-refractivity contribution in [3.8, 4) is 17.4 Å². The lowest BCUT2D eigenvalue weighted by Crippen LogP contribution is -2.61. The number of nitrogens with zero attached hydrogens (tertiary/aromatic N) is 5. The molecule has 5 heterocycles. The van der Waals surface area contributed by atoms with Gasteiger partial charge < -0.3 is 18.9 Å². The molecule has 0 amide bonds. The van der Waals surface area contributed by atoms with Crippen LogP contribution in [0.3, 0.4) is 0 Å². The topological polar surface area (TPSA) is 40.1 Å². The lowest BCUT2D eigenvalue weighted by atomic mass is 9.33. The largest absolute Gasteiger partial charge is 0.311 e. The molecule has 318 valence electrons. The van der Waals surface area contributed by atoms with Crippen LogP contribution in [0.4, 0.5) is 34.1 Å². The van der Waals surface area contributed by atoms with Gasteiger partial charge in [-0.25, -0.2) is 0 Å². The van der Waals surface area contributed by atoms with Crippen molar-refractivity contribution < 1.29 is 38.4 Å². The van der Waals surface area contributed by atoms with Crippen molar-refractivity contribution in [2.45, 2.75) is 52.4 Å². The lowest BCUT2D eigenvalue weighted by molar-refractivity contribution is 0.590. The molecule has 67 heavy (non-hydrogen) atoms. The second-order valence-electron chi connectivity index (χ2n) is 18.7. The van der Waals surface area contributed by atoms with Gasteiger partial charge in [-0.3, -0.25) is 0 Å². The summed E-state index contributed by atoms with van der Waals surface area (Å²) in [6.07, 6.45) is 0. The van der Waals surface area contributed by atoms with E-state index in [1.165, 1.54) is 0 Å². The Labute approximate surface area is 429 Å². The summed E-state index contributed by atoms with van der Waals surface area (Å²) in [5, 5.41) is 8.81. The molecule has 0 bridgehead atoms. The van der Waals surface area contributed by atoms with E-state index in [2.05, 4.69) is 0 Å². The van der Waals surface area contributed by atoms with Crippen molar-refractivity contribution >= 4 is 112 Å². The van der Waals surface area contributed by atoms with Crippen molar-refractivity contribution in [1.82, 2.24) is 9.13 Å². The fourth-order valence-electron chi connectivity index (χ4n) is 9.60. The number of aromatic nitrogens is 2. The molecule has 2 aromatic heterocycles. The van der Waals surface area contributed by atoms with Gasteiger partial charge in [0, 0.05) is 50.0 Å². The van der Waals surface area contributed by atoms with Crippen LogP contribution in [0.15, 0.2) is 169 Å². The lowest BCUT2D eigenvalue weighted by Gasteiger charge is -2.46. The molecule has 3 aliphatic heterocycles. The summed E-state index contributed by atoms with van der Waals surface area (Å²) in [5.74, 6) is 0. The van der Waals surface area contributed by atoms with Gasteiger partial charge in [0.15, 0.2) is 0 Å². The number of rotatable bonds is 2. The highest BCUT2D eigenvalue weighted by Gasteiger charge is 2.46. The minimum atomic E-state index is -2.05. The molecular weight excluding hydrogens is 814 g/mol. The molecule has 5 nitrogen and oxygen atoms in total. The van der Waals surface area contributed by atoms with Crippen LogP contribution in [-0.4, -0.2) is 15.8 Å². The highest BCUT2D eigenvalue weighted by Crippen LogP contribution is 2.53. The molecule has 0 radical (unpaired) electrons. The SMILES string of the molecule is [2H]c1c([2H])c2c3c(c1[2H])-n1c4c([2H])c([2H])c([2H])c([2H])c4c4c([2H])c([2H])c([2H])c(c41)N3c1c([2H])c(C#N)c([2H])c3c1B2c1c([2H])c([2H])c(-n2c4c([2H])c([2H])c(C(C)(C)C)c([2H])c4c4c([2H])c(C(C)(C)C)c([2H])c([2H])c42)c([2H])c1N3c1c([2H])c([2H])c2c([2H])c([2H])c([2H])c([2H])c2c1[2H]. The molecule has 0 N–H and O–H groups in total. The van der Waals surface area contributed by atoms with Crippen LogP contribution in [0, 0.1) is 11.3 Å². The molecule has 14 rings (SSSR count). The predicted molar refractivity (Wildman–Crippen MR) is 282 cm³/mol. The summed E-state index contributed by atoms with van der Waals surface area (Å²) in [4.78, 5) is 1.83. The van der Waals surface area contributed by atoms with Crippen molar-refractivity contribution in [2.24, 2.45) is 0 Å². The first-order valence-electron chi connectivity index (χ1n) is 35.3. The molecule has 0 fully saturated rings. The third-order valence-electron chi connectivity index (χ3n) is 12.6. The third kappa shape index (κ3) is 5.15. The molecule has 0 unspecified atom stereocenters. The molecule has 0 aliphatic carbocycles. The maximum Gasteiger partial charge on any atom is 0.252 e. The van der Waals surface area contributed by atoms with E-state index in [1.54, 1.807) is 41.5 Å². The van der Waals surface area contributed by atoms with E-state index in [-0.39, 0.29) is 38.2 Å². The predicted octanol–water partition coefficient (Wildman–Crippen LogP) is 13.9. The third-order valence-corrected chi connectivity index (χ3v) is 12.6. The Kier molecular flexibility index (Phi) is 3.88. The maximum atomic E-state index is 11.4. The van der Waals surface area contributed by atoms with E-state index >= 15 is 0 Å². The van der Waals surface area contributed by atoms with Crippen molar-refractivity contribution in [3.05, 3.63) is 186 Å². The van der Waals surface area contributed by atoms with Gasteiger partial charge in [-0.1, -0.05) is 132 Å². The van der Waals surface area contributed by atoms with Gasteiger partial charge in [-0.05, 0) is 128 Å². The van der Waals surface area contributed by atoms with E-state index in [9.17, 15) is 36.8 Å². The minimum absolute atomic E-state index is 0.00711. The number of hydrogen-bond acceptors (Lipinski definition) is 3. The summed E-state index contributed by atoms with van der Waals surface area (Å²) in [6.45, 7) is 8.05. The van der Waals surface area contributed by atoms with E-state index in [0.717, 1.165) is 18.9 Å². The molecule has 3 aliphatic rings. The van der Waals surface area contributed by atoms with Gasteiger partial charge in [0.05, 0.1) is 89.1 Å². The van der Waals surface area contributed by atoms with E-state index in [4.69, 9.17) is 6.85 Å². The number of hydrogen-bond donors (Lipinski definition) is 0. The van der Waals surface area contributed by atoms with E-state index in [1.807, 2.05) is 6.07 Å². The van der Waals surface area contributed by atoms with Gasteiger partial charge >= 0.3 is 0 Å². The summed E-state index contributed by atoms with van der Waals surface area (Å²) in [5.41, 5.74) is -11.6. The van der Waals surface area contributed by atoms with Crippen LogP contribution in [0.25, 0.3) is 65.8 Å². The van der Waals surface area contributed by atoms with E-state index in [0.29, 0.717) is 0 Å². The smallest absolute Gasteiger partial charge is 0.252 e. The maximum absolute atomic E-state index is 11.4. The molecule has 11 aromatic rings. The van der Waals surface area contributed by atoms with Gasteiger partial charge in [0.1, 0.15) is 0 Å². The number of para-hydroxylation sites is 3. The van der Waals surface area contributed by atoms with E-state index < -0.39 is 282 Å². The van der Waals surface area contributed by atoms with Crippen LogP contribution in [0.2, 0.25) is 0 Å². The molecule has 6 heteroatoms. The van der Waals surface area contributed by atoms with Gasteiger partial charge in [-0.15, -0.1) is 0 Å². The Hall–Kier alpha value is -8.01. The fourth-order valence-corrected chi connectivity index (χ4v) is 9.60.